The van der Waals surface area contributed by atoms with Crippen LogP contribution < -0.4 is 4.74 Å². The van der Waals surface area contributed by atoms with Gasteiger partial charge in [-0.15, -0.1) is 0 Å². The van der Waals surface area contributed by atoms with Crippen LogP contribution >= 0.6 is 0 Å². The molecule has 1 nitrogen and oxygen atoms in total. The molecule has 7 rings (SSSR count). The van der Waals surface area contributed by atoms with Gasteiger partial charge in [-0.05, 0) is 131 Å². The second-order valence-electron chi connectivity index (χ2n) is 11.9. The predicted molar refractivity (Wildman–Crippen MR) is 150 cm³/mol. The summed E-state index contributed by atoms with van der Waals surface area (Å²) in [4.78, 5) is 0. The first-order chi connectivity index (χ1) is 17.6. The van der Waals surface area contributed by atoms with E-state index in [9.17, 15) is 0 Å². The number of benzene rings is 1. The highest BCUT2D eigenvalue weighted by Gasteiger charge is 2.44. The summed E-state index contributed by atoms with van der Waals surface area (Å²) in [6, 6.07) is 6.85. The van der Waals surface area contributed by atoms with E-state index >= 15 is 0 Å². The maximum atomic E-state index is 6.49. The lowest BCUT2D eigenvalue weighted by Gasteiger charge is -2.33. The third-order valence-electron chi connectivity index (χ3n) is 9.40. The second-order valence-corrected chi connectivity index (χ2v) is 11.9. The van der Waals surface area contributed by atoms with Crippen molar-refractivity contribution in [1.82, 2.24) is 0 Å². The lowest BCUT2D eigenvalue weighted by molar-refractivity contribution is 0.389. The van der Waals surface area contributed by atoms with Gasteiger partial charge in [-0.25, -0.2) is 0 Å². The number of hydrogen-bond acceptors (Lipinski definition) is 1. The molecular weight excluding hydrogens is 436 g/mol. The van der Waals surface area contributed by atoms with Crippen LogP contribution in [0.3, 0.4) is 0 Å². The molecule has 182 valence electrons. The van der Waals surface area contributed by atoms with Crippen molar-refractivity contribution < 1.29 is 4.74 Å². The van der Waals surface area contributed by atoms with Gasteiger partial charge in [-0.2, -0.15) is 0 Å². The summed E-state index contributed by atoms with van der Waals surface area (Å²) >= 11 is 0. The Balaban J connectivity index is 1.16. The van der Waals surface area contributed by atoms with Gasteiger partial charge < -0.3 is 4.74 Å². The van der Waals surface area contributed by atoms with Crippen molar-refractivity contribution in [2.24, 2.45) is 5.92 Å². The maximum absolute atomic E-state index is 6.49. The largest absolute Gasteiger partial charge is 0.462 e. The topological polar surface area (TPSA) is 9.23 Å². The molecule has 1 heteroatoms. The molecule has 1 aromatic carbocycles. The molecule has 0 N–H and O–H groups in total. The summed E-state index contributed by atoms with van der Waals surface area (Å²) in [7, 11) is 0. The zero-order chi connectivity index (χ0) is 24.3. The molecule has 6 aliphatic rings. The molecule has 6 aliphatic carbocycles. The molecule has 0 fully saturated rings. The monoisotopic (exact) mass is 472 g/mol. The van der Waals surface area contributed by atoms with E-state index in [-0.39, 0.29) is 5.41 Å². The van der Waals surface area contributed by atoms with E-state index in [2.05, 4.69) is 80.7 Å². The van der Waals surface area contributed by atoms with Gasteiger partial charge in [0.1, 0.15) is 11.5 Å². The van der Waals surface area contributed by atoms with Crippen LogP contribution in [0.2, 0.25) is 0 Å². The molecule has 0 radical (unpaired) electrons. The first kappa shape index (κ1) is 22.2. The minimum absolute atomic E-state index is 0.0953. The van der Waals surface area contributed by atoms with Crippen molar-refractivity contribution in [2.45, 2.75) is 77.0 Å². The molecule has 1 atom stereocenters. The van der Waals surface area contributed by atoms with Crippen LogP contribution in [0.25, 0.3) is 5.57 Å². The fourth-order valence-electron chi connectivity index (χ4n) is 7.27. The van der Waals surface area contributed by atoms with Gasteiger partial charge in [0.2, 0.25) is 0 Å². The van der Waals surface area contributed by atoms with E-state index in [4.69, 9.17) is 4.74 Å². The number of hydrogen-bond donors (Lipinski definition) is 0. The molecule has 0 amide bonds. The number of fused-ring (bicyclic) bond motifs is 3. The van der Waals surface area contributed by atoms with Crippen molar-refractivity contribution in [1.29, 1.82) is 0 Å². The Hall–Kier alpha value is -3.06. The van der Waals surface area contributed by atoms with Crippen LogP contribution in [0, 0.1) is 5.92 Å². The van der Waals surface area contributed by atoms with Crippen molar-refractivity contribution in [2.75, 3.05) is 0 Å². The standard InChI is InChI=1S/C35H36O/c1-35(2)33-21-28(27-12-11-23-7-3-5-9-25(23)19-27)14-17-31(33)32-18-16-30(22-34(32)35)36-29-15-13-24-8-4-6-10-26(24)20-29/h3-4,7-8,14,16-20,22,33H,5-6,9-13,15,21H2,1-2H3. The number of allylic oxidation sites excluding steroid dienone is 16. The normalized spacial score (nSPS) is 25.8. The quantitative estimate of drug-likeness (QED) is 0.426. The van der Waals surface area contributed by atoms with Crippen molar-refractivity contribution in [3.05, 3.63) is 117 Å². The van der Waals surface area contributed by atoms with Gasteiger partial charge >= 0.3 is 0 Å². The number of rotatable bonds is 3. The van der Waals surface area contributed by atoms with Crippen molar-refractivity contribution in [3.63, 3.8) is 0 Å². The molecule has 0 saturated heterocycles. The molecule has 1 aromatic rings. The molecule has 0 aromatic heterocycles. The van der Waals surface area contributed by atoms with E-state index in [0.717, 1.165) is 43.6 Å². The molecule has 0 bridgehead atoms. The zero-order valence-corrected chi connectivity index (χ0v) is 21.7. The van der Waals surface area contributed by atoms with E-state index in [1.54, 1.807) is 22.3 Å². The Morgan fingerprint density at radius 3 is 2.31 bits per heavy atom. The van der Waals surface area contributed by atoms with E-state index < -0.39 is 0 Å². The highest BCUT2D eigenvalue weighted by atomic mass is 16.5. The minimum atomic E-state index is 0.0953. The van der Waals surface area contributed by atoms with Crippen LogP contribution in [0.4, 0.5) is 0 Å². The Bertz CT molecular complexity index is 1390. The van der Waals surface area contributed by atoms with Gasteiger partial charge in [-0.1, -0.05) is 62.4 Å². The Morgan fingerprint density at radius 1 is 0.750 bits per heavy atom. The Labute approximate surface area is 216 Å². The summed E-state index contributed by atoms with van der Waals surface area (Å²) in [6.07, 6.45) is 29.3. The molecule has 0 aliphatic heterocycles. The van der Waals surface area contributed by atoms with Gasteiger partial charge in [0.15, 0.2) is 0 Å². The summed E-state index contributed by atoms with van der Waals surface area (Å²) in [6.45, 7) is 4.88. The predicted octanol–water partition coefficient (Wildman–Crippen LogP) is 9.38. The van der Waals surface area contributed by atoms with E-state index in [1.165, 1.54) is 53.5 Å². The van der Waals surface area contributed by atoms with Gasteiger partial charge in [0.25, 0.3) is 0 Å². The molecule has 1 unspecified atom stereocenters. The van der Waals surface area contributed by atoms with Crippen molar-refractivity contribution >= 4 is 5.57 Å². The molecule has 36 heavy (non-hydrogen) atoms. The Kier molecular flexibility index (Phi) is 5.24. The van der Waals surface area contributed by atoms with Crippen LogP contribution in [0.15, 0.2) is 106 Å². The second kappa shape index (κ2) is 8.51. The summed E-state index contributed by atoms with van der Waals surface area (Å²) < 4.78 is 6.49. The SMILES string of the molecule is CC1(C)c2cc(OC3=CC4=C(C=CCC4)CC3)ccc2C2=CC=C(C3=CC4=C(C=CCC4)CC3)CC21. The van der Waals surface area contributed by atoms with E-state index in [0.29, 0.717) is 5.92 Å². The minimum Gasteiger partial charge on any atom is -0.462 e. The van der Waals surface area contributed by atoms with Gasteiger partial charge in [0.05, 0.1) is 0 Å². The molecule has 0 saturated carbocycles. The summed E-state index contributed by atoms with van der Waals surface area (Å²) in [5.74, 6) is 2.65. The van der Waals surface area contributed by atoms with Gasteiger partial charge in [0, 0.05) is 6.42 Å². The highest BCUT2D eigenvalue weighted by Crippen LogP contribution is 2.55. The summed E-state index contributed by atoms with van der Waals surface area (Å²) in [5.41, 5.74) is 13.7. The lowest BCUT2D eigenvalue weighted by atomic mass is 9.71. The highest BCUT2D eigenvalue weighted by molar-refractivity contribution is 5.81. The van der Waals surface area contributed by atoms with Crippen LogP contribution in [0.5, 0.6) is 5.75 Å². The third-order valence-corrected chi connectivity index (χ3v) is 9.40. The first-order valence-electron chi connectivity index (χ1n) is 14.0. The van der Waals surface area contributed by atoms with E-state index in [1.807, 2.05) is 0 Å². The zero-order valence-electron chi connectivity index (χ0n) is 21.7. The fourth-order valence-corrected chi connectivity index (χ4v) is 7.27. The number of ether oxygens (including phenoxy) is 1. The first-order valence-corrected chi connectivity index (χ1v) is 14.0. The third kappa shape index (κ3) is 3.67. The van der Waals surface area contributed by atoms with Crippen LogP contribution in [0.1, 0.15) is 82.8 Å². The average Bonchev–Trinajstić information content (AvgIpc) is 3.14. The van der Waals surface area contributed by atoms with Gasteiger partial charge in [-0.3, -0.25) is 0 Å². The van der Waals surface area contributed by atoms with Crippen LogP contribution in [-0.2, 0) is 5.41 Å². The lowest BCUT2D eigenvalue weighted by Crippen LogP contribution is -2.25. The maximum Gasteiger partial charge on any atom is 0.127 e. The van der Waals surface area contributed by atoms with Crippen molar-refractivity contribution in [3.8, 4) is 5.75 Å². The molecular formula is C35H36O. The Morgan fingerprint density at radius 2 is 1.50 bits per heavy atom. The summed E-state index contributed by atoms with van der Waals surface area (Å²) in [5, 5.41) is 0. The molecule has 0 spiro atoms. The van der Waals surface area contributed by atoms with Crippen LogP contribution in [-0.4, -0.2) is 0 Å². The fraction of sp³-hybridized carbons (Fsp3) is 0.371. The molecule has 0 heterocycles. The average molecular weight is 473 g/mol. The smallest absolute Gasteiger partial charge is 0.127 e.